The lowest BCUT2D eigenvalue weighted by Gasteiger charge is -2.36. The number of nitro groups is 1. The summed E-state index contributed by atoms with van der Waals surface area (Å²) in [6.07, 6.45) is 0.215. The minimum atomic E-state index is -0.880. The number of carbonyl (C=O) groups is 2. The molecule has 1 saturated heterocycles. The molecule has 7 heteroatoms. The molecule has 0 spiro atoms. The van der Waals surface area contributed by atoms with Crippen molar-refractivity contribution in [3.05, 3.63) is 33.9 Å². The molecule has 1 aromatic carbocycles. The van der Waals surface area contributed by atoms with E-state index < -0.39 is 17.0 Å². The summed E-state index contributed by atoms with van der Waals surface area (Å²) < 4.78 is 5.03. The number of ketones is 1. The number of carbonyl (C=O) groups excluding carboxylic acids is 2. The minimum Gasteiger partial charge on any atom is -0.451 e. The molecule has 0 unspecified atom stereocenters. The monoisotopic (exact) mass is 348 g/mol. The molecule has 1 aliphatic heterocycles. The van der Waals surface area contributed by atoms with Crippen LogP contribution in [0.25, 0.3) is 0 Å². The van der Waals surface area contributed by atoms with Crippen molar-refractivity contribution in [2.45, 2.75) is 40.2 Å². The smallest absolute Gasteiger partial charge is 0.339 e. The fraction of sp³-hybridized carbons (Fsp3) is 0.556. The molecule has 136 valence electrons. The van der Waals surface area contributed by atoms with E-state index in [1.54, 1.807) is 6.07 Å². The van der Waals surface area contributed by atoms with Gasteiger partial charge in [-0.05, 0) is 44.2 Å². The molecule has 0 aromatic heterocycles. The molecule has 0 amide bonds. The minimum absolute atomic E-state index is 0.0710. The maximum absolute atomic E-state index is 12.1. The zero-order chi connectivity index (χ0) is 18.7. The normalized spacial score (nSPS) is 21.5. The SMILES string of the molecule is CC(=O)[C@H](C)OC(=O)c1ccc(N2C[C@H](C)C[C@H](C)C2)c([N+](=O)[O-])c1. The Bertz CT molecular complexity index is 678. The highest BCUT2D eigenvalue weighted by atomic mass is 16.6. The lowest BCUT2D eigenvalue weighted by molar-refractivity contribution is -0.384. The summed E-state index contributed by atoms with van der Waals surface area (Å²) >= 11 is 0. The van der Waals surface area contributed by atoms with Crippen LogP contribution < -0.4 is 4.90 Å². The number of hydrogen-bond donors (Lipinski definition) is 0. The number of Topliss-reactive ketones (excluding diaryl/α,β-unsaturated/α-hetero) is 1. The summed E-state index contributed by atoms with van der Waals surface area (Å²) in [5, 5.41) is 11.5. The molecule has 1 heterocycles. The van der Waals surface area contributed by atoms with Crippen LogP contribution in [0.2, 0.25) is 0 Å². The van der Waals surface area contributed by atoms with E-state index in [0.717, 1.165) is 19.5 Å². The summed E-state index contributed by atoms with van der Waals surface area (Å²) in [7, 11) is 0. The Morgan fingerprint density at radius 2 is 1.88 bits per heavy atom. The summed E-state index contributed by atoms with van der Waals surface area (Å²) in [6, 6.07) is 4.34. The molecule has 7 nitrogen and oxygen atoms in total. The van der Waals surface area contributed by atoms with Gasteiger partial charge in [0.05, 0.1) is 10.5 Å². The van der Waals surface area contributed by atoms with E-state index in [0.29, 0.717) is 17.5 Å². The van der Waals surface area contributed by atoms with E-state index >= 15 is 0 Å². The van der Waals surface area contributed by atoms with E-state index in [4.69, 9.17) is 4.74 Å². The number of rotatable bonds is 5. The molecule has 0 aliphatic carbocycles. The first-order valence-electron chi connectivity index (χ1n) is 8.43. The van der Waals surface area contributed by atoms with Crippen LogP contribution in [0, 0.1) is 22.0 Å². The van der Waals surface area contributed by atoms with E-state index in [1.807, 2.05) is 4.90 Å². The molecule has 1 fully saturated rings. The third kappa shape index (κ3) is 4.55. The standard InChI is InChI=1S/C18H24N2O5/c1-11-7-12(2)10-19(9-11)16-6-5-15(8-17(16)20(23)24)18(22)25-14(4)13(3)21/h5-6,8,11-12,14H,7,9-10H2,1-4H3/t11-,12+,14-/m0/s1. The molecular weight excluding hydrogens is 324 g/mol. The van der Waals surface area contributed by atoms with Gasteiger partial charge >= 0.3 is 5.97 Å². The van der Waals surface area contributed by atoms with E-state index in [2.05, 4.69) is 13.8 Å². The summed E-state index contributed by atoms with van der Waals surface area (Å²) in [6.45, 7) is 8.54. The number of benzene rings is 1. The predicted molar refractivity (Wildman–Crippen MR) is 93.8 cm³/mol. The molecule has 2 rings (SSSR count). The van der Waals surface area contributed by atoms with Crippen molar-refractivity contribution in [2.75, 3.05) is 18.0 Å². The Hall–Kier alpha value is -2.44. The summed E-state index contributed by atoms with van der Waals surface area (Å²) in [5.74, 6) is -0.123. The van der Waals surface area contributed by atoms with Gasteiger partial charge in [-0.25, -0.2) is 4.79 Å². The quantitative estimate of drug-likeness (QED) is 0.461. The number of nitrogens with zero attached hydrogens (tertiary/aromatic N) is 2. The second-order valence-corrected chi connectivity index (χ2v) is 6.97. The van der Waals surface area contributed by atoms with Gasteiger partial charge in [0.1, 0.15) is 5.69 Å². The van der Waals surface area contributed by atoms with E-state index in [1.165, 1.54) is 26.0 Å². The Labute approximate surface area is 147 Å². The third-order valence-corrected chi connectivity index (χ3v) is 4.47. The fourth-order valence-electron chi connectivity index (χ4n) is 3.24. The first-order valence-corrected chi connectivity index (χ1v) is 8.43. The lowest BCUT2D eigenvalue weighted by atomic mass is 9.91. The van der Waals surface area contributed by atoms with Crippen LogP contribution in [0.5, 0.6) is 0 Å². The first-order chi connectivity index (χ1) is 11.7. The summed E-state index contributed by atoms with van der Waals surface area (Å²) in [5.41, 5.74) is 0.465. The van der Waals surface area contributed by atoms with Crippen LogP contribution >= 0.6 is 0 Å². The number of nitro benzene ring substituents is 1. The molecule has 1 aromatic rings. The first kappa shape index (κ1) is 18.9. The number of piperidine rings is 1. The maximum atomic E-state index is 12.1. The Morgan fingerprint density at radius 1 is 1.28 bits per heavy atom. The zero-order valence-corrected chi connectivity index (χ0v) is 15.0. The van der Waals surface area contributed by atoms with Crippen LogP contribution in [0.15, 0.2) is 18.2 Å². The van der Waals surface area contributed by atoms with Gasteiger partial charge in [-0.2, -0.15) is 0 Å². The van der Waals surface area contributed by atoms with Crippen molar-refractivity contribution in [3.8, 4) is 0 Å². The van der Waals surface area contributed by atoms with Crippen LogP contribution in [0.3, 0.4) is 0 Å². The topological polar surface area (TPSA) is 89.8 Å². The van der Waals surface area contributed by atoms with Crippen LogP contribution in [-0.4, -0.2) is 35.9 Å². The maximum Gasteiger partial charge on any atom is 0.339 e. The highest BCUT2D eigenvalue weighted by Crippen LogP contribution is 2.34. The van der Waals surface area contributed by atoms with Gasteiger partial charge in [0.15, 0.2) is 11.9 Å². The lowest BCUT2D eigenvalue weighted by Crippen LogP contribution is -2.39. The second-order valence-electron chi connectivity index (χ2n) is 6.97. The number of esters is 1. The van der Waals surface area contributed by atoms with Crippen LogP contribution in [0.4, 0.5) is 11.4 Å². The van der Waals surface area contributed by atoms with Gasteiger partial charge in [0, 0.05) is 19.2 Å². The molecule has 0 saturated carbocycles. The molecule has 0 N–H and O–H groups in total. The predicted octanol–water partition coefficient (Wildman–Crippen LogP) is 3.21. The number of anilines is 1. The van der Waals surface area contributed by atoms with Crippen LogP contribution in [-0.2, 0) is 9.53 Å². The molecule has 0 radical (unpaired) electrons. The zero-order valence-electron chi connectivity index (χ0n) is 15.0. The van der Waals surface area contributed by atoms with Gasteiger partial charge in [-0.15, -0.1) is 0 Å². The number of ether oxygens (including phenoxy) is 1. The fourth-order valence-corrected chi connectivity index (χ4v) is 3.24. The van der Waals surface area contributed by atoms with Gasteiger partial charge < -0.3 is 9.64 Å². The number of hydrogen-bond acceptors (Lipinski definition) is 6. The Morgan fingerprint density at radius 3 is 2.40 bits per heavy atom. The molecule has 3 atom stereocenters. The van der Waals surface area contributed by atoms with E-state index in [-0.39, 0.29) is 17.0 Å². The van der Waals surface area contributed by atoms with Gasteiger partial charge in [0.25, 0.3) is 5.69 Å². The van der Waals surface area contributed by atoms with Crippen molar-refractivity contribution in [3.63, 3.8) is 0 Å². The van der Waals surface area contributed by atoms with Gasteiger partial charge in [-0.3, -0.25) is 14.9 Å². The van der Waals surface area contributed by atoms with Crippen molar-refractivity contribution in [1.82, 2.24) is 0 Å². The average molecular weight is 348 g/mol. The van der Waals surface area contributed by atoms with Crippen molar-refractivity contribution in [2.24, 2.45) is 11.8 Å². The average Bonchev–Trinajstić information content (AvgIpc) is 2.53. The largest absolute Gasteiger partial charge is 0.451 e. The van der Waals surface area contributed by atoms with Crippen LogP contribution in [0.1, 0.15) is 44.5 Å². The Kier molecular flexibility index (Phi) is 5.77. The van der Waals surface area contributed by atoms with Crippen molar-refractivity contribution in [1.29, 1.82) is 0 Å². The van der Waals surface area contributed by atoms with Gasteiger partial charge in [0.2, 0.25) is 0 Å². The van der Waals surface area contributed by atoms with Crippen molar-refractivity contribution < 1.29 is 19.2 Å². The molecule has 25 heavy (non-hydrogen) atoms. The highest BCUT2D eigenvalue weighted by Gasteiger charge is 2.28. The molecular formula is C18H24N2O5. The second kappa shape index (κ2) is 7.63. The molecule has 1 aliphatic rings. The van der Waals surface area contributed by atoms with Crippen molar-refractivity contribution >= 4 is 23.1 Å². The van der Waals surface area contributed by atoms with E-state index in [9.17, 15) is 19.7 Å². The summed E-state index contributed by atoms with van der Waals surface area (Å²) in [4.78, 5) is 36.4. The highest BCUT2D eigenvalue weighted by molar-refractivity contribution is 5.93. The molecule has 0 bridgehead atoms. The Balaban J connectivity index is 2.30. The third-order valence-electron chi connectivity index (χ3n) is 4.47. The van der Waals surface area contributed by atoms with Gasteiger partial charge in [-0.1, -0.05) is 13.8 Å².